The predicted molar refractivity (Wildman–Crippen MR) is 99.6 cm³/mol. The van der Waals surface area contributed by atoms with E-state index >= 15 is 0 Å². The summed E-state index contributed by atoms with van der Waals surface area (Å²) in [7, 11) is 1.84. The molecule has 25 heavy (non-hydrogen) atoms. The zero-order valence-electron chi connectivity index (χ0n) is 13.8. The second kappa shape index (κ2) is 7.37. The van der Waals surface area contributed by atoms with Gasteiger partial charge in [-0.25, -0.2) is 4.99 Å². The Balaban J connectivity index is 2.14. The molecule has 5 nitrogen and oxygen atoms in total. The van der Waals surface area contributed by atoms with Crippen LogP contribution in [-0.4, -0.2) is 41.3 Å². The predicted octanol–water partition coefficient (Wildman–Crippen LogP) is 3.58. The molecule has 0 atom stereocenters. The number of fused-ring (bicyclic) bond motifs is 1. The minimum atomic E-state index is 0.110. The summed E-state index contributed by atoms with van der Waals surface area (Å²) in [6.07, 6.45) is 0.372. The third kappa shape index (κ3) is 3.65. The Morgan fingerprint density at radius 2 is 2.04 bits per heavy atom. The van der Waals surface area contributed by atoms with Crippen molar-refractivity contribution in [2.75, 3.05) is 20.1 Å². The SMILES string of the molecule is CN(CCC#N)C1=Nc2ccc(Cl)cc2C(c2ccccc2)=[N+]([O-])C1. The Morgan fingerprint density at radius 3 is 2.76 bits per heavy atom. The van der Waals surface area contributed by atoms with E-state index in [0.29, 0.717) is 40.8 Å². The molecule has 1 aliphatic rings. The van der Waals surface area contributed by atoms with E-state index in [1.807, 2.05) is 48.3 Å². The lowest BCUT2D eigenvalue weighted by Gasteiger charge is -2.18. The molecule has 0 fully saturated rings. The highest BCUT2D eigenvalue weighted by molar-refractivity contribution is 6.31. The van der Waals surface area contributed by atoms with Gasteiger partial charge in [-0.2, -0.15) is 10.0 Å². The summed E-state index contributed by atoms with van der Waals surface area (Å²) in [6, 6.07) is 17.0. The molecule has 0 saturated heterocycles. The number of hydroxylamine groups is 1. The first kappa shape index (κ1) is 17.0. The van der Waals surface area contributed by atoms with Crippen molar-refractivity contribution in [1.82, 2.24) is 4.90 Å². The van der Waals surface area contributed by atoms with Gasteiger partial charge in [0.15, 0.2) is 5.84 Å². The van der Waals surface area contributed by atoms with E-state index < -0.39 is 0 Å². The van der Waals surface area contributed by atoms with E-state index in [-0.39, 0.29) is 6.54 Å². The number of hydrogen-bond donors (Lipinski definition) is 0. The van der Waals surface area contributed by atoms with E-state index in [0.717, 1.165) is 10.3 Å². The molecule has 126 valence electrons. The summed E-state index contributed by atoms with van der Waals surface area (Å²) in [6.45, 7) is 0.630. The lowest BCUT2D eigenvalue weighted by atomic mass is 10.0. The van der Waals surface area contributed by atoms with Gasteiger partial charge in [0, 0.05) is 24.2 Å². The van der Waals surface area contributed by atoms with Gasteiger partial charge in [-0.3, -0.25) is 0 Å². The van der Waals surface area contributed by atoms with Crippen molar-refractivity contribution >= 4 is 28.8 Å². The number of benzene rings is 2. The molecule has 0 aromatic heterocycles. The topological polar surface area (TPSA) is 65.5 Å². The van der Waals surface area contributed by atoms with Crippen LogP contribution in [0.4, 0.5) is 5.69 Å². The number of likely N-dealkylation sites (N-methyl/N-ethyl adjacent to an activating group) is 1. The van der Waals surface area contributed by atoms with Gasteiger partial charge in [-0.15, -0.1) is 0 Å². The van der Waals surface area contributed by atoms with Crippen molar-refractivity contribution < 1.29 is 4.74 Å². The molecule has 2 aromatic carbocycles. The summed E-state index contributed by atoms with van der Waals surface area (Å²) in [5.41, 5.74) is 2.76. The van der Waals surface area contributed by atoms with Crippen LogP contribution in [0.3, 0.4) is 0 Å². The average molecular weight is 353 g/mol. The fraction of sp³-hybridized carbons (Fsp3) is 0.211. The Kier molecular flexibility index (Phi) is 5.01. The number of nitrogens with zero attached hydrogens (tertiary/aromatic N) is 4. The second-order valence-electron chi connectivity index (χ2n) is 5.77. The normalized spacial score (nSPS) is 13.6. The van der Waals surface area contributed by atoms with Crippen molar-refractivity contribution in [2.24, 2.45) is 4.99 Å². The van der Waals surface area contributed by atoms with E-state index in [4.69, 9.17) is 16.9 Å². The molecule has 0 unspecified atom stereocenters. The maximum Gasteiger partial charge on any atom is 0.228 e. The molecule has 0 radical (unpaired) electrons. The van der Waals surface area contributed by atoms with Crippen LogP contribution in [0.15, 0.2) is 53.5 Å². The Morgan fingerprint density at radius 1 is 1.28 bits per heavy atom. The first-order valence-electron chi connectivity index (χ1n) is 7.93. The van der Waals surface area contributed by atoms with Gasteiger partial charge in [-0.1, -0.05) is 29.8 Å². The molecule has 0 spiro atoms. The molecule has 1 heterocycles. The standard InChI is InChI=1S/C19H17ClN4O/c1-23(11-5-10-21)18-13-24(25)19(14-6-3-2-4-7-14)16-12-15(20)8-9-17(16)22-18/h2-4,6-9,12H,5,11,13H2,1H3. The van der Waals surface area contributed by atoms with Crippen molar-refractivity contribution in [3.63, 3.8) is 0 Å². The van der Waals surface area contributed by atoms with Crippen molar-refractivity contribution in [3.05, 3.63) is 69.9 Å². The van der Waals surface area contributed by atoms with Gasteiger partial charge in [0.2, 0.25) is 12.3 Å². The number of amidine groups is 1. The van der Waals surface area contributed by atoms with Crippen LogP contribution in [0, 0.1) is 16.5 Å². The first-order chi connectivity index (χ1) is 12.1. The summed E-state index contributed by atoms with van der Waals surface area (Å²) >= 11 is 6.17. The molecule has 0 amide bonds. The van der Waals surface area contributed by atoms with Crippen LogP contribution in [0.25, 0.3) is 0 Å². The number of hydrogen-bond acceptors (Lipinski definition) is 4. The monoisotopic (exact) mass is 352 g/mol. The molecule has 0 aliphatic carbocycles. The summed E-state index contributed by atoms with van der Waals surface area (Å²) in [5.74, 6) is 0.625. The minimum absolute atomic E-state index is 0.110. The third-order valence-electron chi connectivity index (χ3n) is 4.04. The van der Waals surface area contributed by atoms with Gasteiger partial charge in [0.1, 0.15) is 0 Å². The maximum absolute atomic E-state index is 12.9. The van der Waals surface area contributed by atoms with E-state index in [9.17, 15) is 5.21 Å². The highest BCUT2D eigenvalue weighted by Gasteiger charge is 2.25. The number of aliphatic imine (C=N–C) groups is 1. The van der Waals surface area contributed by atoms with Gasteiger partial charge >= 0.3 is 0 Å². The van der Waals surface area contributed by atoms with Crippen LogP contribution >= 0.6 is 11.6 Å². The summed E-state index contributed by atoms with van der Waals surface area (Å²) in [5, 5.41) is 22.3. The number of halogens is 1. The highest BCUT2D eigenvalue weighted by Crippen LogP contribution is 2.28. The van der Waals surface area contributed by atoms with Crippen LogP contribution in [0.5, 0.6) is 0 Å². The average Bonchev–Trinajstić information content (AvgIpc) is 2.76. The second-order valence-corrected chi connectivity index (χ2v) is 6.21. The lowest BCUT2D eigenvalue weighted by molar-refractivity contribution is -0.440. The van der Waals surface area contributed by atoms with Crippen LogP contribution < -0.4 is 0 Å². The van der Waals surface area contributed by atoms with Gasteiger partial charge in [0.05, 0.1) is 23.7 Å². The van der Waals surface area contributed by atoms with Gasteiger partial charge in [-0.05, 0) is 30.3 Å². The molecule has 0 N–H and O–H groups in total. The summed E-state index contributed by atoms with van der Waals surface area (Å²) in [4.78, 5) is 6.52. The fourth-order valence-corrected chi connectivity index (χ4v) is 2.93. The molecule has 0 bridgehead atoms. The number of rotatable bonds is 3. The molecule has 6 heteroatoms. The van der Waals surface area contributed by atoms with E-state index in [1.54, 1.807) is 12.1 Å². The number of nitriles is 1. The minimum Gasteiger partial charge on any atom is -0.623 e. The van der Waals surface area contributed by atoms with E-state index in [2.05, 4.69) is 11.1 Å². The van der Waals surface area contributed by atoms with Crippen LogP contribution in [-0.2, 0) is 0 Å². The Labute approximate surface area is 151 Å². The first-order valence-corrected chi connectivity index (χ1v) is 8.30. The van der Waals surface area contributed by atoms with Crippen molar-refractivity contribution in [1.29, 1.82) is 5.26 Å². The molecule has 3 rings (SSSR count). The summed E-state index contributed by atoms with van der Waals surface area (Å²) < 4.78 is 0.944. The smallest absolute Gasteiger partial charge is 0.228 e. The lowest BCUT2D eigenvalue weighted by Crippen LogP contribution is -2.34. The third-order valence-corrected chi connectivity index (χ3v) is 4.28. The van der Waals surface area contributed by atoms with Crippen LogP contribution in [0.2, 0.25) is 5.02 Å². The van der Waals surface area contributed by atoms with Gasteiger partial charge < -0.3 is 10.1 Å². The maximum atomic E-state index is 12.9. The largest absolute Gasteiger partial charge is 0.623 e. The molecule has 1 aliphatic heterocycles. The zero-order chi connectivity index (χ0) is 17.8. The van der Waals surface area contributed by atoms with Crippen molar-refractivity contribution in [3.8, 4) is 6.07 Å². The molecular formula is C19H17ClN4O. The van der Waals surface area contributed by atoms with Gasteiger partial charge in [0.25, 0.3) is 0 Å². The fourth-order valence-electron chi connectivity index (χ4n) is 2.76. The zero-order valence-corrected chi connectivity index (χ0v) is 14.6. The molecule has 2 aromatic rings. The Hall–Kier alpha value is -2.84. The Bertz CT molecular complexity index is 884. The molecule has 0 saturated carbocycles. The quantitative estimate of drug-likeness (QED) is 0.626. The molecular weight excluding hydrogens is 336 g/mol. The van der Waals surface area contributed by atoms with Crippen molar-refractivity contribution in [2.45, 2.75) is 6.42 Å². The highest BCUT2D eigenvalue weighted by atomic mass is 35.5. The van der Waals surface area contributed by atoms with E-state index in [1.165, 1.54) is 0 Å². The van der Waals surface area contributed by atoms with Crippen LogP contribution in [0.1, 0.15) is 17.5 Å².